The molecule has 0 saturated carbocycles. The largest absolute Gasteiger partial charge is 0.478 e. The molecule has 3 rings (SSSR count). The molecule has 3 N–H and O–H groups in total. The van der Waals surface area contributed by atoms with E-state index in [2.05, 4.69) is 9.97 Å². The van der Waals surface area contributed by atoms with E-state index in [-0.39, 0.29) is 48.1 Å². The SMILES string of the molecule is Nc1nccnc1C(=O)N1CCN(S(=O)(=O)c2ccc(C(=O)O)cc2)CC1. The molecule has 0 bridgehead atoms. The summed E-state index contributed by atoms with van der Waals surface area (Å²) in [5, 5.41) is 8.91. The van der Waals surface area contributed by atoms with Crippen LogP contribution in [0.1, 0.15) is 20.8 Å². The zero-order chi connectivity index (χ0) is 19.6. The lowest BCUT2D eigenvalue weighted by Gasteiger charge is -2.33. The first-order valence-electron chi connectivity index (χ1n) is 8.00. The lowest BCUT2D eigenvalue weighted by Crippen LogP contribution is -2.50. The van der Waals surface area contributed by atoms with Crippen LogP contribution in [0.15, 0.2) is 41.6 Å². The molecule has 1 fully saturated rings. The highest BCUT2D eigenvalue weighted by Gasteiger charge is 2.31. The van der Waals surface area contributed by atoms with E-state index in [0.717, 1.165) is 0 Å². The minimum absolute atomic E-state index is 0.00504. The normalized spacial score (nSPS) is 15.5. The van der Waals surface area contributed by atoms with Gasteiger partial charge in [0.2, 0.25) is 10.0 Å². The Kier molecular flexibility index (Phi) is 5.06. The molecule has 0 radical (unpaired) electrons. The lowest BCUT2D eigenvalue weighted by atomic mass is 10.2. The fourth-order valence-electron chi connectivity index (χ4n) is 2.71. The molecule has 0 atom stereocenters. The summed E-state index contributed by atoms with van der Waals surface area (Å²) in [7, 11) is -3.78. The number of aromatic nitrogens is 2. The monoisotopic (exact) mass is 391 g/mol. The molecule has 0 spiro atoms. The van der Waals surface area contributed by atoms with Gasteiger partial charge in [-0.3, -0.25) is 4.79 Å². The Balaban J connectivity index is 1.70. The Morgan fingerprint density at radius 1 is 1.00 bits per heavy atom. The van der Waals surface area contributed by atoms with Crippen LogP contribution in [-0.4, -0.2) is 70.8 Å². The van der Waals surface area contributed by atoms with Crippen molar-refractivity contribution in [2.45, 2.75) is 4.90 Å². The number of hydrogen-bond acceptors (Lipinski definition) is 7. The number of piperazine rings is 1. The van der Waals surface area contributed by atoms with Crippen LogP contribution in [0.4, 0.5) is 5.82 Å². The van der Waals surface area contributed by atoms with Crippen molar-refractivity contribution in [3.8, 4) is 0 Å². The molecule has 11 heteroatoms. The smallest absolute Gasteiger partial charge is 0.335 e. The number of nitrogens with zero attached hydrogens (tertiary/aromatic N) is 4. The number of carboxylic acids is 1. The van der Waals surface area contributed by atoms with Crippen molar-refractivity contribution >= 4 is 27.7 Å². The molecule has 142 valence electrons. The maximum absolute atomic E-state index is 12.7. The fourth-order valence-corrected chi connectivity index (χ4v) is 4.14. The van der Waals surface area contributed by atoms with Crippen molar-refractivity contribution in [3.63, 3.8) is 0 Å². The summed E-state index contributed by atoms with van der Waals surface area (Å²) in [6.45, 7) is 0.576. The molecule has 0 unspecified atom stereocenters. The van der Waals surface area contributed by atoms with Gasteiger partial charge < -0.3 is 15.7 Å². The summed E-state index contributed by atoms with van der Waals surface area (Å²) >= 11 is 0. The number of carbonyl (C=O) groups excluding carboxylic acids is 1. The number of hydrogen-bond donors (Lipinski definition) is 2. The van der Waals surface area contributed by atoms with E-state index in [1.54, 1.807) is 0 Å². The molecule has 1 saturated heterocycles. The van der Waals surface area contributed by atoms with Crippen LogP contribution < -0.4 is 5.73 Å². The zero-order valence-electron chi connectivity index (χ0n) is 14.1. The molecule has 10 nitrogen and oxygen atoms in total. The number of nitrogens with two attached hydrogens (primary N) is 1. The Bertz CT molecular complexity index is 969. The maximum Gasteiger partial charge on any atom is 0.335 e. The van der Waals surface area contributed by atoms with Gasteiger partial charge in [-0.1, -0.05) is 0 Å². The third-order valence-electron chi connectivity index (χ3n) is 4.19. The highest BCUT2D eigenvalue weighted by Crippen LogP contribution is 2.19. The number of aromatic carboxylic acids is 1. The number of carboxylic acid groups (broad SMARTS) is 1. The van der Waals surface area contributed by atoms with Gasteiger partial charge in [-0.25, -0.2) is 23.2 Å². The van der Waals surface area contributed by atoms with Gasteiger partial charge in [0.05, 0.1) is 10.5 Å². The van der Waals surface area contributed by atoms with E-state index in [1.165, 1.54) is 45.9 Å². The van der Waals surface area contributed by atoms with Crippen LogP contribution in [0.2, 0.25) is 0 Å². The van der Waals surface area contributed by atoms with Crippen molar-refractivity contribution in [1.29, 1.82) is 0 Å². The van der Waals surface area contributed by atoms with Crippen molar-refractivity contribution in [2.24, 2.45) is 0 Å². The minimum atomic E-state index is -3.78. The lowest BCUT2D eigenvalue weighted by molar-refractivity contribution is 0.0687. The molecular weight excluding hydrogens is 374 g/mol. The third kappa shape index (κ3) is 3.73. The predicted octanol–water partition coefficient (Wildman–Crippen LogP) is -0.0963. The van der Waals surface area contributed by atoms with Crippen molar-refractivity contribution in [1.82, 2.24) is 19.2 Å². The van der Waals surface area contributed by atoms with Crippen LogP contribution in [0.3, 0.4) is 0 Å². The van der Waals surface area contributed by atoms with Crippen molar-refractivity contribution in [3.05, 3.63) is 47.9 Å². The summed E-state index contributed by atoms with van der Waals surface area (Å²) in [6, 6.07) is 5.00. The first-order chi connectivity index (χ1) is 12.8. The Labute approximate surface area is 155 Å². The molecular formula is C16H17N5O5S. The second kappa shape index (κ2) is 7.29. The summed E-state index contributed by atoms with van der Waals surface area (Å²) in [6.07, 6.45) is 2.75. The Hall–Kier alpha value is -3.05. The fraction of sp³-hybridized carbons (Fsp3) is 0.250. The second-order valence-electron chi connectivity index (χ2n) is 5.82. The van der Waals surface area contributed by atoms with E-state index in [1.807, 2.05) is 0 Å². The van der Waals surface area contributed by atoms with E-state index < -0.39 is 21.9 Å². The molecule has 2 aromatic rings. The van der Waals surface area contributed by atoms with Crippen LogP contribution >= 0.6 is 0 Å². The number of nitrogen functional groups attached to an aromatic ring is 1. The van der Waals surface area contributed by atoms with Gasteiger partial charge in [0, 0.05) is 38.6 Å². The molecule has 1 aromatic carbocycles. The van der Waals surface area contributed by atoms with Gasteiger partial charge in [-0.2, -0.15) is 4.31 Å². The highest BCUT2D eigenvalue weighted by molar-refractivity contribution is 7.89. The van der Waals surface area contributed by atoms with Crippen LogP contribution in [0, 0.1) is 0 Å². The first kappa shape index (κ1) is 18.7. The molecule has 1 amide bonds. The molecule has 2 heterocycles. The van der Waals surface area contributed by atoms with E-state index in [9.17, 15) is 18.0 Å². The predicted molar refractivity (Wildman–Crippen MR) is 94.5 cm³/mol. The van der Waals surface area contributed by atoms with Gasteiger partial charge in [0.25, 0.3) is 5.91 Å². The maximum atomic E-state index is 12.7. The summed E-state index contributed by atoms with van der Waals surface area (Å²) in [4.78, 5) is 32.6. The zero-order valence-corrected chi connectivity index (χ0v) is 15.0. The van der Waals surface area contributed by atoms with E-state index in [0.29, 0.717) is 0 Å². The van der Waals surface area contributed by atoms with Gasteiger partial charge in [-0.15, -0.1) is 0 Å². The molecule has 0 aliphatic carbocycles. The highest BCUT2D eigenvalue weighted by atomic mass is 32.2. The number of anilines is 1. The van der Waals surface area contributed by atoms with E-state index >= 15 is 0 Å². The standard InChI is InChI=1S/C16H17N5O5S/c17-14-13(18-5-6-19-14)15(22)20-7-9-21(10-8-20)27(25,26)12-3-1-11(2-4-12)16(23)24/h1-6H,7-10H2,(H2,17,19)(H,23,24). The van der Waals surface area contributed by atoms with Gasteiger partial charge in [-0.05, 0) is 24.3 Å². The summed E-state index contributed by atoms with van der Waals surface area (Å²) in [5.74, 6) is -1.51. The number of amides is 1. The van der Waals surface area contributed by atoms with Crippen LogP contribution in [-0.2, 0) is 10.0 Å². The molecule has 27 heavy (non-hydrogen) atoms. The first-order valence-corrected chi connectivity index (χ1v) is 9.44. The Morgan fingerprint density at radius 2 is 1.59 bits per heavy atom. The quantitative estimate of drug-likeness (QED) is 0.735. The molecule has 1 aliphatic heterocycles. The summed E-state index contributed by atoms with van der Waals surface area (Å²) < 4.78 is 26.7. The minimum Gasteiger partial charge on any atom is -0.478 e. The topological polar surface area (TPSA) is 147 Å². The second-order valence-corrected chi connectivity index (χ2v) is 7.75. The van der Waals surface area contributed by atoms with Crippen molar-refractivity contribution in [2.75, 3.05) is 31.9 Å². The third-order valence-corrected chi connectivity index (χ3v) is 6.11. The average Bonchev–Trinajstić information content (AvgIpc) is 2.68. The summed E-state index contributed by atoms with van der Waals surface area (Å²) in [5.41, 5.74) is 5.71. The number of rotatable bonds is 4. The molecule has 1 aliphatic rings. The Morgan fingerprint density at radius 3 is 2.15 bits per heavy atom. The molecule has 1 aromatic heterocycles. The van der Waals surface area contributed by atoms with Crippen LogP contribution in [0.25, 0.3) is 0 Å². The van der Waals surface area contributed by atoms with Crippen molar-refractivity contribution < 1.29 is 23.1 Å². The van der Waals surface area contributed by atoms with Gasteiger partial charge in [0.15, 0.2) is 11.5 Å². The number of sulfonamides is 1. The average molecular weight is 391 g/mol. The van der Waals surface area contributed by atoms with Gasteiger partial charge in [0.1, 0.15) is 0 Å². The van der Waals surface area contributed by atoms with Gasteiger partial charge >= 0.3 is 5.97 Å². The van der Waals surface area contributed by atoms with Crippen LogP contribution in [0.5, 0.6) is 0 Å². The number of carbonyl (C=O) groups is 2. The van der Waals surface area contributed by atoms with E-state index in [4.69, 9.17) is 10.8 Å². The number of benzene rings is 1.